The fraction of sp³-hybridized carbons (Fsp3) is 0.0667. The highest BCUT2D eigenvalue weighted by Crippen LogP contribution is 2.20. The first kappa shape index (κ1) is 30.4. The van der Waals surface area contributed by atoms with Crippen LogP contribution in [0.4, 0.5) is 11.4 Å². The first-order valence-corrected chi connectivity index (χ1v) is 13.5. The summed E-state index contributed by atoms with van der Waals surface area (Å²) in [6.45, 7) is 4.10. The van der Waals surface area contributed by atoms with E-state index in [2.05, 4.69) is 60.3 Å². The lowest BCUT2D eigenvalue weighted by Gasteiger charge is -2.00. The summed E-state index contributed by atoms with van der Waals surface area (Å²) in [5.74, 6) is 1.13. The predicted molar refractivity (Wildman–Crippen MR) is 166 cm³/mol. The lowest BCUT2D eigenvalue weighted by atomic mass is 10.2. The van der Waals surface area contributed by atoms with Crippen molar-refractivity contribution in [3.63, 3.8) is 0 Å². The molecule has 12 nitrogen and oxygen atoms in total. The molecule has 43 heavy (non-hydrogen) atoms. The van der Waals surface area contributed by atoms with Gasteiger partial charge in [0.1, 0.15) is 12.7 Å². The molecule has 0 atom stereocenters. The van der Waals surface area contributed by atoms with E-state index in [1.54, 1.807) is 35.3 Å². The Morgan fingerprint density at radius 3 is 1.67 bits per heavy atom. The standard InChI is InChI=1S/C15H12N4O2.C8H6N4O2.C7H7Br/c1-11-2-6-13(7-3-11)18-10-16-15(17-18)12-4-8-14(9-5-12)19(20)21;13-12(14)7-3-1-6(2-4-7)8-9-5-10-11-8;1-6-2-4-7(8)5-3-6/h2-10H,1H3;1-5H,(H,9,10,11);2-5H,1H3. The monoisotopic (exact) mass is 640 g/mol. The molecular weight excluding hydrogens is 616 g/mol. The maximum Gasteiger partial charge on any atom is 0.269 e. The molecule has 0 aliphatic carbocycles. The number of hydrogen-bond donors (Lipinski definition) is 1. The van der Waals surface area contributed by atoms with Crippen molar-refractivity contribution in [2.45, 2.75) is 13.8 Å². The molecule has 0 spiro atoms. The van der Waals surface area contributed by atoms with Crippen LogP contribution in [-0.4, -0.2) is 39.8 Å². The normalized spacial score (nSPS) is 10.1. The van der Waals surface area contributed by atoms with E-state index < -0.39 is 9.85 Å². The van der Waals surface area contributed by atoms with Crippen molar-refractivity contribution >= 4 is 27.3 Å². The number of hydrogen-bond acceptors (Lipinski definition) is 8. The van der Waals surface area contributed by atoms with Crippen LogP contribution < -0.4 is 0 Å². The SMILES string of the molecule is Cc1ccc(-n2cnc(-c3ccc([N+](=O)[O-])cc3)n2)cc1.Cc1ccc(Br)cc1.O=[N+]([O-])c1ccc(-c2ncn[nH]2)cc1. The number of nitrogens with zero attached hydrogens (tertiary/aromatic N) is 7. The summed E-state index contributed by atoms with van der Waals surface area (Å²) in [6.07, 6.45) is 3.01. The van der Waals surface area contributed by atoms with Gasteiger partial charge in [0.2, 0.25) is 0 Å². The van der Waals surface area contributed by atoms with Gasteiger partial charge in [0.05, 0.1) is 15.5 Å². The van der Waals surface area contributed by atoms with Crippen LogP contribution in [-0.2, 0) is 0 Å². The highest BCUT2D eigenvalue weighted by atomic mass is 79.9. The van der Waals surface area contributed by atoms with Gasteiger partial charge in [-0.25, -0.2) is 14.6 Å². The number of H-pyrrole nitrogens is 1. The van der Waals surface area contributed by atoms with Crippen LogP contribution in [0.25, 0.3) is 28.5 Å². The molecular formula is C30H25BrN8O4. The van der Waals surface area contributed by atoms with Gasteiger partial charge in [0, 0.05) is 39.9 Å². The highest BCUT2D eigenvalue weighted by Gasteiger charge is 2.09. The highest BCUT2D eigenvalue weighted by molar-refractivity contribution is 9.10. The quantitative estimate of drug-likeness (QED) is 0.152. The number of nitrogens with one attached hydrogen (secondary N) is 1. The number of halogens is 1. The summed E-state index contributed by atoms with van der Waals surface area (Å²) >= 11 is 3.35. The first-order valence-electron chi connectivity index (χ1n) is 12.8. The summed E-state index contributed by atoms with van der Waals surface area (Å²) < 4.78 is 2.82. The van der Waals surface area contributed by atoms with Crippen LogP contribution in [0.5, 0.6) is 0 Å². The maximum atomic E-state index is 10.6. The number of nitro groups is 2. The Kier molecular flexibility index (Phi) is 10.2. The molecule has 0 amide bonds. The molecule has 13 heteroatoms. The molecule has 0 bridgehead atoms. The molecule has 0 fully saturated rings. The van der Waals surface area contributed by atoms with Gasteiger partial charge in [-0.15, -0.1) is 5.10 Å². The van der Waals surface area contributed by atoms with Crippen LogP contribution in [0, 0.1) is 34.1 Å². The van der Waals surface area contributed by atoms with Crippen molar-refractivity contribution in [3.05, 3.63) is 146 Å². The van der Waals surface area contributed by atoms with Crippen LogP contribution in [0.2, 0.25) is 0 Å². The lowest BCUT2D eigenvalue weighted by Crippen LogP contribution is -1.94. The molecule has 216 valence electrons. The van der Waals surface area contributed by atoms with Crippen molar-refractivity contribution < 1.29 is 9.85 Å². The molecule has 0 saturated heterocycles. The van der Waals surface area contributed by atoms with Crippen molar-refractivity contribution in [1.29, 1.82) is 0 Å². The van der Waals surface area contributed by atoms with Crippen LogP contribution in [0.3, 0.4) is 0 Å². The zero-order chi connectivity index (χ0) is 30.8. The third kappa shape index (κ3) is 8.71. The van der Waals surface area contributed by atoms with Gasteiger partial charge in [-0.2, -0.15) is 5.10 Å². The van der Waals surface area contributed by atoms with Crippen LogP contribution in [0.15, 0.2) is 114 Å². The largest absolute Gasteiger partial charge is 0.269 e. The van der Waals surface area contributed by atoms with Crippen molar-refractivity contribution in [3.8, 4) is 28.5 Å². The first-order chi connectivity index (χ1) is 20.7. The summed E-state index contributed by atoms with van der Waals surface area (Å²) in [7, 11) is 0. The number of aromatic nitrogens is 6. The average Bonchev–Trinajstić information content (AvgIpc) is 3.74. The minimum atomic E-state index is -0.440. The molecule has 0 aliphatic heterocycles. The number of benzene rings is 4. The number of nitro benzene ring substituents is 2. The van der Waals surface area contributed by atoms with E-state index >= 15 is 0 Å². The molecule has 0 radical (unpaired) electrons. The van der Waals surface area contributed by atoms with Gasteiger partial charge in [-0.3, -0.25) is 25.3 Å². The fourth-order valence-corrected chi connectivity index (χ4v) is 3.83. The Bertz CT molecular complexity index is 1750. The second-order valence-electron chi connectivity index (χ2n) is 9.09. The third-order valence-corrected chi connectivity index (χ3v) is 6.43. The zero-order valence-corrected chi connectivity index (χ0v) is 24.6. The Balaban J connectivity index is 0.000000165. The van der Waals surface area contributed by atoms with Gasteiger partial charge in [0.25, 0.3) is 11.4 Å². The van der Waals surface area contributed by atoms with E-state index in [1.807, 2.05) is 43.3 Å². The van der Waals surface area contributed by atoms with E-state index in [0.29, 0.717) is 11.6 Å². The maximum absolute atomic E-state index is 10.6. The summed E-state index contributed by atoms with van der Waals surface area (Å²) in [6, 6.07) is 28.4. The summed E-state index contributed by atoms with van der Waals surface area (Å²) in [5, 5.41) is 31.8. The van der Waals surface area contributed by atoms with E-state index in [1.165, 1.54) is 41.7 Å². The number of rotatable bonds is 5. The molecule has 2 aromatic heterocycles. The summed E-state index contributed by atoms with van der Waals surface area (Å²) in [5.41, 5.74) is 5.02. The fourth-order valence-electron chi connectivity index (χ4n) is 3.57. The second kappa shape index (κ2) is 14.4. The molecule has 6 rings (SSSR count). The van der Waals surface area contributed by atoms with Gasteiger partial charge >= 0.3 is 0 Å². The van der Waals surface area contributed by atoms with Crippen LogP contribution >= 0.6 is 15.9 Å². The van der Waals surface area contributed by atoms with Gasteiger partial charge < -0.3 is 0 Å². The molecule has 6 aromatic rings. The Morgan fingerprint density at radius 2 is 1.21 bits per heavy atom. The molecule has 0 aliphatic rings. The third-order valence-electron chi connectivity index (χ3n) is 5.90. The van der Waals surface area contributed by atoms with Crippen molar-refractivity contribution in [1.82, 2.24) is 29.9 Å². The molecule has 2 heterocycles. The van der Waals surface area contributed by atoms with Crippen LogP contribution in [0.1, 0.15) is 11.1 Å². The van der Waals surface area contributed by atoms with Crippen molar-refractivity contribution in [2.75, 3.05) is 0 Å². The van der Waals surface area contributed by atoms with E-state index in [9.17, 15) is 20.2 Å². The molecule has 0 saturated carbocycles. The number of non-ortho nitro benzene ring substituents is 2. The smallest absolute Gasteiger partial charge is 0.259 e. The van der Waals surface area contributed by atoms with Crippen molar-refractivity contribution in [2.24, 2.45) is 0 Å². The minimum Gasteiger partial charge on any atom is -0.259 e. The van der Waals surface area contributed by atoms with E-state index in [4.69, 9.17) is 0 Å². The molecule has 1 N–H and O–H groups in total. The summed E-state index contributed by atoms with van der Waals surface area (Å²) in [4.78, 5) is 28.3. The van der Waals surface area contributed by atoms with E-state index in [-0.39, 0.29) is 11.4 Å². The Hall–Kier alpha value is -5.56. The Labute approximate surface area is 254 Å². The number of aryl methyl sites for hydroxylation is 2. The Morgan fingerprint density at radius 1 is 0.698 bits per heavy atom. The van der Waals surface area contributed by atoms with Gasteiger partial charge in [-0.05, 0) is 62.4 Å². The molecule has 0 unspecified atom stereocenters. The van der Waals surface area contributed by atoms with Gasteiger partial charge in [-0.1, -0.05) is 51.3 Å². The average molecular weight is 641 g/mol. The molecule has 4 aromatic carbocycles. The number of aromatic amines is 1. The minimum absolute atomic E-state index is 0.0525. The van der Waals surface area contributed by atoms with E-state index in [0.717, 1.165) is 21.3 Å². The lowest BCUT2D eigenvalue weighted by molar-refractivity contribution is -0.385. The zero-order valence-electron chi connectivity index (χ0n) is 23.0. The topological polar surface area (TPSA) is 159 Å². The second-order valence-corrected chi connectivity index (χ2v) is 10.0. The predicted octanol–water partition coefficient (Wildman–Crippen LogP) is 7.29. The van der Waals surface area contributed by atoms with Gasteiger partial charge in [0.15, 0.2) is 11.6 Å².